The standard InChI is InChI=1S/C16H22F2N2O2S/c1-23(21,22)20-5-2-3-12(10-20)9-19-6-4-15-13(11-19)7-14(17)8-16(15)18/h7-8,12H,2-6,9-11H2,1H3/t12-/m1/s1. The van der Waals surface area contributed by atoms with Crippen molar-refractivity contribution in [2.45, 2.75) is 25.8 Å². The lowest BCUT2D eigenvalue weighted by molar-refractivity contribution is 0.166. The predicted molar refractivity (Wildman–Crippen MR) is 84.5 cm³/mol. The van der Waals surface area contributed by atoms with E-state index in [9.17, 15) is 17.2 Å². The van der Waals surface area contributed by atoms with Crippen LogP contribution in [-0.2, 0) is 23.0 Å². The molecule has 2 heterocycles. The monoisotopic (exact) mass is 344 g/mol. The third-order valence-electron chi connectivity index (χ3n) is 4.79. The summed E-state index contributed by atoms with van der Waals surface area (Å²) in [7, 11) is -3.14. The summed E-state index contributed by atoms with van der Waals surface area (Å²) in [5.74, 6) is -0.719. The Bertz CT molecular complexity index is 694. The predicted octanol–water partition coefficient (Wildman–Crippen LogP) is 1.99. The van der Waals surface area contributed by atoms with Gasteiger partial charge in [0.25, 0.3) is 0 Å². The molecule has 2 aliphatic rings. The van der Waals surface area contributed by atoms with Gasteiger partial charge in [-0.1, -0.05) is 0 Å². The summed E-state index contributed by atoms with van der Waals surface area (Å²) < 4.78 is 52.1. The topological polar surface area (TPSA) is 40.6 Å². The van der Waals surface area contributed by atoms with Crippen molar-refractivity contribution in [1.29, 1.82) is 0 Å². The number of fused-ring (bicyclic) bond motifs is 1. The van der Waals surface area contributed by atoms with Crippen LogP contribution >= 0.6 is 0 Å². The molecule has 0 bridgehead atoms. The summed E-state index contributed by atoms with van der Waals surface area (Å²) in [5.41, 5.74) is 1.33. The number of benzene rings is 1. The number of nitrogens with zero attached hydrogens (tertiary/aromatic N) is 2. The van der Waals surface area contributed by atoms with Gasteiger partial charge in [0.05, 0.1) is 6.26 Å². The Hall–Kier alpha value is -1.05. The fourth-order valence-corrected chi connectivity index (χ4v) is 4.61. The zero-order valence-electron chi connectivity index (χ0n) is 13.3. The van der Waals surface area contributed by atoms with E-state index in [0.717, 1.165) is 32.0 Å². The molecule has 1 aromatic rings. The highest BCUT2D eigenvalue weighted by Crippen LogP contribution is 2.26. The smallest absolute Gasteiger partial charge is 0.211 e. The van der Waals surface area contributed by atoms with Gasteiger partial charge in [-0.25, -0.2) is 21.5 Å². The summed E-state index contributed by atoms with van der Waals surface area (Å²) in [6.45, 7) is 3.15. The molecular weight excluding hydrogens is 322 g/mol. The van der Waals surface area contributed by atoms with Crippen molar-refractivity contribution in [3.8, 4) is 0 Å². The minimum atomic E-state index is -3.14. The highest BCUT2D eigenvalue weighted by Gasteiger charge is 2.28. The van der Waals surface area contributed by atoms with E-state index in [1.54, 1.807) is 4.31 Å². The number of piperidine rings is 1. The molecule has 1 aromatic carbocycles. The van der Waals surface area contributed by atoms with E-state index in [4.69, 9.17) is 0 Å². The second-order valence-electron chi connectivity index (χ2n) is 6.64. The number of halogens is 2. The van der Waals surface area contributed by atoms with Crippen LogP contribution in [0, 0.1) is 17.6 Å². The van der Waals surface area contributed by atoms with Crippen LogP contribution in [0.1, 0.15) is 24.0 Å². The third-order valence-corrected chi connectivity index (χ3v) is 6.06. The molecule has 3 rings (SSSR count). The molecule has 0 unspecified atom stereocenters. The lowest BCUT2D eigenvalue weighted by Crippen LogP contribution is -2.44. The highest BCUT2D eigenvalue weighted by molar-refractivity contribution is 7.88. The minimum absolute atomic E-state index is 0.276. The molecule has 1 fully saturated rings. The lowest BCUT2D eigenvalue weighted by Gasteiger charge is -2.36. The SMILES string of the molecule is CS(=O)(=O)N1CCC[C@H](CN2CCc3c(F)cc(F)cc3C2)C1. The average Bonchev–Trinajstić information content (AvgIpc) is 2.46. The zero-order chi connectivity index (χ0) is 16.6. The molecule has 23 heavy (non-hydrogen) atoms. The van der Waals surface area contributed by atoms with Crippen LogP contribution in [0.3, 0.4) is 0 Å². The molecule has 0 radical (unpaired) electrons. The minimum Gasteiger partial charge on any atom is -0.298 e. The summed E-state index contributed by atoms with van der Waals surface area (Å²) in [6, 6.07) is 2.36. The summed E-state index contributed by atoms with van der Waals surface area (Å²) in [5, 5.41) is 0. The fraction of sp³-hybridized carbons (Fsp3) is 0.625. The first kappa shape index (κ1) is 16.8. The Balaban J connectivity index is 1.65. The van der Waals surface area contributed by atoms with Gasteiger partial charge in [0.2, 0.25) is 10.0 Å². The molecule has 128 valence electrons. The Kier molecular flexibility index (Phi) is 4.71. The van der Waals surface area contributed by atoms with Crippen molar-refractivity contribution in [1.82, 2.24) is 9.21 Å². The van der Waals surface area contributed by atoms with E-state index in [1.807, 2.05) is 0 Å². The van der Waals surface area contributed by atoms with Crippen molar-refractivity contribution in [2.24, 2.45) is 5.92 Å². The van der Waals surface area contributed by atoms with Crippen molar-refractivity contribution in [3.63, 3.8) is 0 Å². The molecule has 1 atom stereocenters. The number of hydrogen-bond acceptors (Lipinski definition) is 3. The molecule has 4 nitrogen and oxygen atoms in total. The summed E-state index contributed by atoms with van der Waals surface area (Å²) in [4.78, 5) is 2.18. The maximum absolute atomic E-state index is 13.8. The van der Waals surface area contributed by atoms with Gasteiger partial charge in [0.15, 0.2) is 0 Å². The first-order valence-corrected chi connectivity index (χ1v) is 9.82. The van der Waals surface area contributed by atoms with E-state index >= 15 is 0 Å². The second kappa shape index (κ2) is 6.45. The van der Waals surface area contributed by atoms with Gasteiger partial charge in [0, 0.05) is 38.8 Å². The normalized spacial score (nSPS) is 23.7. The maximum atomic E-state index is 13.8. The Labute approximate surface area is 136 Å². The van der Waals surface area contributed by atoms with Crippen molar-refractivity contribution in [2.75, 3.05) is 32.4 Å². The van der Waals surface area contributed by atoms with Crippen LogP contribution in [0.15, 0.2) is 12.1 Å². The van der Waals surface area contributed by atoms with Crippen LogP contribution in [-0.4, -0.2) is 50.1 Å². The van der Waals surface area contributed by atoms with Gasteiger partial charge in [-0.2, -0.15) is 0 Å². The summed E-state index contributed by atoms with van der Waals surface area (Å²) >= 11 is 0. The summed E-state index contributed by atoms with van der Waals surface area (Å²) in [6.07, 6.45) is 3.68. The Morgan fingerprint density at radius 1 is 1.26 bits per heavy atom. The third kappa shape index (κ3) is 3.89. The Morgan fingerprint density at radius 3 is 2.78 bits per heavy atom. The largest absolute Gasteiger partial charge is 0.298 e. The highest BCUT2D eigenvalue weighted by atomic mass is 32.2. The molecule has 0 amide bonds. The van der Waals surface area contributed by atoms with Crippen molar-refractivity contribution < 1.29 is 17.2 Å². The molecule has 2 aliphatic heterocycles. The van der Waals surface area contributed by atoms with E-state index in [-0.39, 0.29) is 5.92 Å². The van der Waals surface area contributed by atoms with Crippen molar-refractivity contribution in [3.05, 3.63) is 34.9 Å². The number of rotatable bonds is 3. The molecule has 0 aliphatic carbocycles. The van der Waals surface area contributed by atoms with Gasteiger partial charge in [-0.05, 0) is 42.4 Å². The maximum Gasteiger partial charge on any atom is 0.211 e. The molecular formula is C16H22F2N2O2S. The number of hydrogen-bond donors (Lipinski definition) is 0. The van der Waals surface area contributed by atoms with Crippen LogP contribution in [0.5, 0.6) is 0 Å². The average molecular weight is 344 g/mol. The van der Waals surface area contributed by atoms with Gasteiger partial charge >= 0.3 is 0 Å². The number of sulfonamides is 1. The molecule has 0 aromatic heterocycles. The fourth-order valence-electron chi connectivity index (χ4n) is 3.67. The first-order chi connectivity index (χ1) is 10.8. The van der Waals surface area contributed by atoms with Gasteiger partial charge in [-0.3, -0.25) is 4.90 Å². The van der Waals surface area contributed by atoms with Gasteiger partial charge in [0.1, 0.15) is 11.6 Å². The van der Waals surface area contributed by atoms with E-state index in [1.165, 1.54) is 12.3 Å². The Morgan fingerprint density at radius 2 is 2.04 bits per heavy atom. The molecule has 7 heteroatoms. The van der Waals surface area contributed by atoms with Gasteiger partial charge < -0.3 is 0 Å². The van der Waals surface area contributed by atoms with Crippen LogP contribution in [0.2, 0.25) is 0 Å². The molecule has 0 N–H and O–H groups in total. The zero-order valence-corrected chi connectivity index (χ0v) is 14.1. The van der Waals surface area contributed by atoms with Crippen LogP contribution in [0.4, 0.5) is 8.78 Å². The quantitative estimate of drug-likeness (QED) is 0.842. The van der Waals surface area contributed by atoms with Gasteiger partial charge in [-0.15, -0.1) is 0 Å². The van der Waals surface area contributed by atoms with Crippen molar-refractivity contribution >= 4 is 10.0 Å². The molecule has 0 saturated carbocycles. The van der Waals surface area contributed by atoms with E-state index in [0.29, 0.717) is 37.2 Å². The van der Waals surface area contributed by atoms with Crippen LogP contribution in [0.25, 0.3) is 0 Å². The van der Waals surface area contributed by atoms with E-state index in [2.05, 4.69) is 4.90 Å². The molecule has 1 saturated heterocycles. The lowest BCUT2D eigenvalue weighted by atomic mass is 9.95. The molecule has 0 spiro atoms. The first-order valence-electron chi connectivity index (χ1n) is 7.97. The van der Waals surface area contributed by atoms with Crippen LogP contribution < -0.4 is 0 Å². The second-order valence-corrected chi connectivity index (χ2v) is 8.62. The van der Waals surface area contributed by atoms with E-state index < -0.39 is 21.7 Å².